The molecule has 0 bridgehead atoms. The van der Waals surface area contributed by atoms with Crippen LogP contribution in [0.5, 0.6) is 0 Å². The molecule has 2 aromatic rings. The van der Waals surface area contributed by atoms with Gasteiger partial charge in [0.25, 0.3) is 0 Å². The summed E-state index contributed by atoms with van der Waals surface area (Å²) in [5, 5.41) is 12.6. The predicted molar refractivity (Wildman–Crippen MR) is 116 cm³/mol. The van der Waals surface area contributed by atoms with Crippen molar-refractivity contribution in [1.29, 1.82) is 0 Å². The summed E-state index contributed by atoms with van der Waals surface area (Å²) >= 11 is -0.761. The fourth-order valence-corrected chi connectivity index (χ4v) is 7.05. The average Bonchev–Trinajstić information content (AvgIpc) is 2.71. The van der Waals surface area contributed by atoms with Crippen molar-refractivity contribution in [1.82, 2.24) is 0 Å². The van der Waals surface area contributed by atoms with Crippen LogP contribution in [0.3, 0.4) is 0 Å². The van der Waals surface area contributed by atoms with Crippen LogP contribution in [0.15, 0.2) is 47.4 Å². The quantitative estimate of drug-likeness (QED) is 0.374. The number of hydrogen-bond donors (Lipinski definition) is 2. The second-order valence-corrected chi connectivity index (χ2v) is 13.4. The third-order valence-corrected chi connectivity index (χ3v) is 10.6. The Morgan fingerprint density at radius 2 is 1.81 bits per heavy atom. The van der Waals surface area contributed by atoms with E-state index >= 15 is 0 Å². The number of carbonyl (C=O) groups excluding carboxylic acids is 1. The van der Waals surface area contributed by atoms with Gasteiger partial charge in [-0.3, -0.25) is 0 Å². The molecule has 0 aromatic heterocycles. The van der Waals surface area contributed by atoms with Gasteiger partial charge in [-0.25, -0.2) is 4.85 Å². The molecule has 11 heteroatoms. The number of sulfone groups is 1. The molecule has 0 aliphatic heterocycles. The molecule has 1 atom stereocenters. The molecular weight excluding hydrogens is 552 g/mol. The van der Waals surface area contributed by atoms with Crippen molar-refractivity contribution in [2.75, 3.05) is 11.1 Å². The van der Waals surface area contributed by atoms with Crippen molar-refractivity contribution in [2.24, 2.45) is 0 Å². The van der Waals surface area contributed by atoms with Gasteiger partial charge in [0.1, 0.15) is 0 Å². The van der Waals surface area contributed by atoms with E-state index in [-0.39, 0.29) is 10.6 Å². The Morgan fingerprint density at radius 1 is 1.19 bits per heavy atom. The topological polar surface area (TPSA) is 87.8 Å². The number of hydrogen-bond acceptors (Lipinski definition) is 4. The minimum absolute atomic E-state index is 0.0500. The van der Waals surface area contributed by atoms with Crippen LogP contribution in [-0.4, -0.2) is 51.9 Å². The van der Waals surface area contributed by atoms with Gasteiger partial charge in [0.05, 0.1) is 6.57 Å². The van der Waals surface area contributed by atoms with E-state index in [0.29, 0.717) is 6.07 Å². The van der Waals surface area contributed by atoms with Crippen LogP contribution >= 0.6 is 0 Å². The van der Waals surface area contributed by atoms with E-state index in [0.717, 1.165) is 33.5 Å². The van der Waals surface area contributed by atoms with Gasteiger partial charge in [-0.05, 0) is 0 Å². The molecule has 170 valence electrons. The molecule has 0 aliphatic rings. The summed E-state index contributed by atoms with van der Waals surface area (Å²) in [4.78, 5) is 15.2. The number of nitrogens with one attached hydrogen (secondary N) is 1. The first-order valence-corrected chi connectivity index (χ1v) is 14.6. The molecule has 0 heterocycles. The molecule has 0 unspecified atom stereocenters. The van der Waals surface area contributed by atoms with E-state index in [9.17, 15) is 31.5 Å². The fourth-order valence-electron chi connectivity index (χ4n) is 2.77. The molecule has 0 saturated carbocycles. The molecule has 1 amide bonds. The molecule has 2 aromatic carbocycles. The number of carbonyl (C=O) groups is 1. The first-order valence-electron chi connectivity index (χ1n) is 9.49. The summed E-state index contributed by atoms with van der Waals surface area (Å²) in [5.41, 5.74) is -4.62. The summed E-state index contributed by atoms with van der Waals surface area (Å²) in [7, 11) is -4.05. The van der Waals surface area contributed by atoms with Gasteiger partial charge in [0, 0.05) is 0 Å². The third kappa shape index (κ3) is 6.70. The number of alkyl halides is 3. The van der Waals surface area contributed by atoms with Gasteiger partial charge in [0.15, 0.2) is 5.69 Å². The number of halogens is 3. The first-order chi connectivity index (χ1) is 14.8. The fraction of sp³-hybridized carbons (Fsp3) is 0.333. The second-order valence-electron chi connectivity index (χ2n) is 7.28. The van der Waals surface area contributed by atoms with Crippen LogP contribution in [0.1, 0.15) is 25.8 Å². The van der Waals surface area contributed by atoms with E-state index in [2.05, 4.69) is 17.1 Å². The molecular formula is C21H21F3N2O4SSn. The molecule has 0 fully saturated rings. The van der Waals surface area contributed by atoms with E-state index in [1.165, 1.54) is 12.1 Å². The number of benzene rings is 2. The minimum Gasteiger partial charge on any atom is -0.167 e. The van der Waals surface area contributed by atoms with Crippen molar-refractivity contribution >= 4 is 51.8 Å². The summed E-state index contributed by atoms with van der Waals surface area (Å²) in [6, 6.07) is 8.88. The summed E-state index contributed by atoms with van der Waals surface area (Å²) in [6.45, 7) is 9.89. The second kappa shape index (κ2) is 10.2. The van der Waals surface area contributed by atoms with Gasteiger partial charge in [-0.15, -0.1) is 0 Å². The van der Waals surface area contributed by atoms with E-state index in [1.807, 2.05) is 0 Å². The number of amides is 1. The first kappa shape index (κ1) is 26.2. The molecule has 32 heavy (non-hydrogen) atoms. The van der Waals surface area contributed by atoms with Crippen LogP contribution < -0.4 is 8.90 Å². The molecule has 0 aliphatic carbocycles. The zero-order valence-electron chi connectivity index (χ0n) is 17.3. The molecule has 2 rings (SSSR count). The average molecular weight is 573 g/mol. The van der Waals surface area contributed by atoms with Crippen molar-refractivity contribution in [3.63, 3.8) is 0 Å². The summed E-state index contributed by atoms with van der Waals surface area (Å²) in [5.74, 6) is -2.13. The third-order valence-electron chi connectivity index (χ3n) is 4.43. The Bertz CT molecular complexity index is 1130. The Hall–Kier alpha value is -2.10. The van der Waals surface area contributed by atoms with Crippen molar-refractivity contribution in [2.45, 2.75) is 41.4 Å². The minimum atomic E-state index is -4.82. The molecule has 0 spiro atoms. The van der Waals surface area contributed by atoms with Crippen LogP contribution in [0.2, 0.25) is 4.44 Å². The zero-order valence-corrected chi connectivity index (χ0v) is 21.0. The van der Waals surface area contributed by atoms with Crippen LogP contribution in [0.4, 0.5) is 24.5 Å². The molecule has 0 saturated heterocycles. The Morgan fingerprint density at radius 3 is 2.34 bits per heavy atom. The molecule has 2 N–H and O–H groups in total. The Balaban J connectivity index is 2.19. The van der Waals surface area contributed by atoms with Crippen LogP contribution in [0.25, 0.3) is 4.85 Å². The van der Waals surface area contributed by atoms with E-state index < -0.39 is 65.7 Å². The van der Waals surface area contributed by atoms with Crippen LogP contribution in [0, 0.1) is 6.57 Å². The van der Waals surface area contributed by atoms with Gasteiger partial charge in [-0.2, -0.15) is 13.2 Å². The predicted octanol–water partition coefficient (Wildman–Crippen LogP) is 3.58. The van der Waals surface area contributed by atoms with Crippen molar-refractivity contribution < 1.29 is 31.5 Å². The number of rotatable bonds is 8. The maximum absolute atomic E-state index is 13.1. The number of nitrogens with zero attached hydrogens (tertiary/aromatic N) is 1. The van der Waals surface area contributed by atoms with Crippen LogP contribution in [-0.2, 0) is 20.8 Å². The zero-order chi connectivity index (χ0) is 24.2. The van der Waals surface area contributed by atoms with Crippen molar-refractivity contribution in [3.05, 3.63) is 59.4 Å². The standard InChI is InChI=1S/C18H14F3N2O4S.C3H7.Sn/c1-17(25,11-28(26,27)13-6-4-3-5-7-13)16(24)23-12-8-9-15(22-2)14(10-12)18(19,20)21;1-3-2;/h4-10,25H,11H2,1H3,(H,23,24);1,3H2,2H3;/t17-;;/m0../s1. The van der Waals surface area contributed by atoms with Gasteiger partial charge in [0.2, 0.25) is 0 Å². The van der Waals surface area contributed by atoms with E-state index in [4.69, 9.17) is 6.57 Å². The van der Waals surface area contributed by atoms with Gasteiger partial charge >= 0.3 is 165 Å². The van der Waals surface area contributed by atoms with Gasteiger partial charge in [-0.1, -0.05) is 0 Å². The maximum atomic E-state index is 13.1. The smallest absolute Gasteiger partial charge is 0.167 e. The molecule has 2 radical (unpaired) electrons. The summed E-state index contributed by atoms with van der Waals surface area (Å²) < 4.78 is 67.0. The van der Waals surface area contributed by atoms with Crippen molar-refractivity contribution in [3.8, 4) is 0 Å². The monoisotopic (exact) mass is 574 g/mol. The SMILES string of the molecule is [C-]#[N+]c1ccc(NC(=O)[C@@](C)(O)CS(=O)(=O)c2cc[c]([Sn][CH2]CC)cc2)cc1C(F)(F)F. The summed E-state index contributed by atoms with van der Waals surface area (Å²) in [6.07, 6.45) is -3.76. The number of anilines is 1. The molecule has 6 nitrogen and oxygen atoms in total. The number of aliphatic hydroxyl groups is 1. The Kier molecular flexibility index (Phi) is 8.36. The van der Waals surface area contributed by atoms with E-state index in [1.54, 1.807) is 12.1 Å². The Labute approximate surface area is 194 Å². The van der Waals surface area contributed by atoms with Gasteiger partial charge < -0.3 is 0 Å². The normalized spacial score (nSPS) is 13.8.